The number of hydrogen-bond donors (Lipinski definition) is 2. The number of hydrogen-bond acceptors (Lipinski definition) is 3. The van der Waals surface area contributed by atoms with E-state index in [0.717, 1.165) is 18.7 Å². The molecule has 5 nitrogen and oxygen atoms in total. The largest absolute Gasteiger partial charge is 0.481 e. The standard InChI is InChI=1S/C21H23FN2O3/c1-14-9-17(12-18(22)10-14)20(25)23-19-4-2-3-15(11-19)13-24-7-5-16(6-8-24)21(26)27/h2-4,9-12,16H,5-8,13H2,1H3,(H,23,25)(H,26,27). The number of aryl methyl sites for hydroxylation is 1. The summed E-state index contributed by atoms with van der Waals surface area (Å²) in [5, 5.41) is 11.9. The second-order valence-corrected chi connectivity index (χ2v) is 7.06. The highest BCUT2D eigenvalue weighted by Gasteiger charge is 2.24. The Morgan fingerprint density at radius 3 is 2.59 bits per heavy atom. The van der Waals surface area contributed by atoms with Crippen molar-refractivity contribution in [1.82, 2.24) is 4.90 Å². The van der Waals surface area contributed by atoms with Crippen molar-refractivity contribution in [1.29, 1.82) is 0 Å². The van der Waals surface area contributed by atoms with Gasteiger partial charge in [0.05, 0.1) is 5.92 Å². The zero-order valence-corrected chi connectivity index (χ0v) is 15.2. The van der Waals surface area contributed by atoms with Crippen LogP contribution in [0.15, 0.2) is 42.5 Å². The van der Waals surface area contributed by atoms with Crippen LogP contribution in [0.2, 0.25) is 0 Å². The summed E-state index contributed by atoms with van der Waals surface area (Å²) in [6, 6.07) is 11.8. The highest BCUT2D eigenvalue weighted by molar-refractivity contribution is 6.04. The lowest BCUT2D eigenvalue weighted by Gasteiger charge is -2.30. The number of rotatable bonds is 5. The summed E-state index contributed by atoms with van der Waals surface area (Å²) >= 11 is 0. The molecule has 0 aliphatic carbocycles. The molecule has 2 aromatic rings. The maximum Gasteiger partial charge on any atom is 0.306 e. The molecule has 1 fully saturated rings. The summed E-state index contributed by atoms with van der Waals surface area (Å²) in [7, 11) is 0. The number of anilines is 1. The van der Waals surface area contributed by atoms with E-state index in [1.165, 1.54) is 12.1 Å². The Morgan fingerprint density at radius 2 is 1.93 bits per heavy atom. The Bertz CT molecular complexity index is 825. The highest BCUT2D eigenvalue weighted by atomic mass is 19.1. The van der Waals surface area contributed by atoms with Crippen molar-refractivity contribution in [3.63, 3.8) is 0 Å². The van der Waals surface area contributed by atoms with Crippen LogP contribution in [0, 0.1) is 18.7 Å². The number of likely N-dealkylation sites (tertiary alicyclic amines) is 1. The van der Waals surface area contributed by atoms with Crippen LogP contribution in [0.3, 0.4) is 0 Å². The summed E-state index contributed by atoms with van der Waals surface area (Å²) < 4.78 is 13.5. The lowest BCUT2D eigenvalue weighted by Crippen LogP contribution is -2.35. The lowest BCUT2D eigenvalue weighted by atomic mass is 9.97. The van der Waals surface area contributed by atoms with E-state index in [4.69, 9.17) is 5.11 Å². The predicted octanol–water partition coefficient (Wildman–Crippen LogP) is 3.68. The van der Waals surface area contributed by atoms with Gasteiger partial charge in [-0.05, 0) is 74.3 Å². The molecule has 1 saturated heterocycles. The van der Waals surface area contributed by atoms with Crippen molar-refractivity contribution >= 4 is 17.6 Å². The minimum Gasteiger partial charge on any atom is -0.481 e. The van der Waals surface area contributed by atoms with E-state index in [9.17, 15) is 14.0 Å². The van der Waals surface area contributed by atoms with Gasteiger partial charge in [-0.25, -0.2) is 4.39 Å². The number of nitrogens with one attached hydrogen (secondary N) is 1. The van der Waals surface area contributed by atoms with Gasteiger partial charge in [0.15, 0.2) is 0 Å². The summed E-state index contributed by atoms with van der Waals surface area (Å²) in [4.78, 5) is 25.6. The van der Waals surface area contributed by atoms with Crippen molar-refractivity contribution in [2.45, 2.75) is 26.3 Å². The molecule has 2 N–H and O–H groups in total. The molecule has 142 valence electrons. The molecule has 0 atom stereocenters. The van der Waals surface area contributed by atoms with E-state index in [0.29, 0.717) is 30.6 Å². The summed E-state index contributed by atoms with van der Waals surface area (Å²) in [5.41, 5.74) is 2.67. The molecule has 1 aliphatic heterocycles. The molecule has 0 bridgehead atoms. The molecule has 0 unspecified atom stereocenters. The molecular weight excluding hydrogens is 347 g/mol. The number of carbonyl (C=O) groups is 2. The fourth-order valence-corrected chi connectivity index (χ4v) is 3.41. The van der Waals surface area contributed by atoms with E-state index in [-0.39, 0.29) is 17.4 Å². The molecule has 2 aromatic carbocycles. The maximum atomic E-state index is 13.5. The fourth-order valence-electron chi connectivity index (χ4n) is 3.41. The van der Waals surface area contributed by atoms with Crippen LogP contribution in [-0.2, 0) is 11.3 Å². The molecular formula is C21H23FN2O3. The van der Waals surface area contributed by atoms with Crippen molar-refractivity contribution in [3.8, 4) is 0 Å². The number of amides is 1. The third kappa shape index (κ3) is 5.14. The van der Waals surface area contributed by atoms with Gasteiger partial charge in [0.25, 0.3) is 5.91 Å². The van der Waals surface area contributed by atoms with Crippen molar-refractivity contribution in [3.05, 3.63) is 65.0 Å². The quantitative estimate of drug-likeness (QED) is 0.842. The van der Waals surface area contributed by atoms with Crippen LogP contribution in [0.25, 0.3) is 0 Å². The number of piperidine rings is 1. The zero-order valence-electron chi connectivity index (χ0n) is 15.2. The summed E-state index contributed by atoms with van der Waals surface area (Å²) in [6.07, 6.45) is 1.31. The van der Waals surface area contributed by atoms with Gasteiger partial charge in [0, 0.05) is 17.8 Å². The first-order valence-corrected chi connectivity index (χ1v) is 9.03. The summed E-state index contributed by atoms with van der Waals surface area (Å²) in [5.74, 6) is -1.75. The molecule has 0 spiro atoms. The molecule has 0 aromatic heterocycles. The molecule has 6 heteroatoms. The van der Waals surface area contributed by atoms with Crippen molar-refractivity contribution < 1.29 is 19.1 Å². The average Bonchev–Trinajstić information content (AvgIpc) is 2.61. The monoisotopic (exact) mass is 370 g/mol. The predicted molar refractivity (Wildman–Crippen MR) is 101 cm³/mol. The zero-order chi connectivity index (χ0) is 19.4. The van der Waals surface area contributed by atoms with E-state index < -0.39 is 11.8 Å². The van der Waals surface area contributed by atoms with Crippen LogP contribution in [0.4, 0.5) is 10.1 Å². The normalized spacial score (nSPS) is 15.5. The maximum absolute atomic E-state index is 13.5. The van der Waals surface area contributed by atoms with Crippen LogP contribution >= 0.6 is 0 Å². The van der Waals surface area contributed by atoms with Gasteiger partial charge >= 0.3 is 5.97 Å². The van der Waals surface area contributed by atoms with Crippen molar-refractivity contribution in [2.75, 3.05) is 18.4 Å². The first-order chi connectivity index (χ1) is 12.9. The number of nitrogens with zero attached hydrogens (tertiary/aromatic N) is 1. The number of halogens is 1. The molecule has 1 aliphatic rings. The van der Waals surface area contributed by atoms with Crippen LogP contribution < -0.4 is 5.32 Å². The van der Waals surface area contributed by atoms with Gasteiger partial charge in [-0.3, -0.25) is 14.5 Å². The number of carboxylic acids is 1. The average molecular weight is 370 g/mol. The van der Waals surface area contributed by atoms with Gasteiger partial charge in [-0.2, -0.15) is 0 Å². The minimum absolute atomic E-state index is 0.249. The molecule has 1 heterocycles. The lowest BCUT2D eigenvalue weighted by molar-refractivity contribution is -0.143. The van der Waals surface area contributed by atoms with E-state index in [1.807, 2.05) is 18.2 Å². The highest BCUT2D eigenvalue weighted by Crippen LogP contribution is 2.21. The molecule has 0 saturated carbocycles. The van der Waals surface area contributed by atoms with E-state index in [1.54, 1.807) is 19.1 Å². The van der Waals surface area contributed by atoms with E-state index >= 15 is 0 Å². The van der Waals surface area contributed by atoms with Gasteiger partial charge < -0.3 is 10.4 Å². The van der Waals surface area contributed by atoms with Crippen LogP contribution in [-0.4, -0.2) is 35.0 Å². The minimum atomic E-state index is -0.716. The Morgan fingerprint density at radius 1 is 1.19 bits per heavy atom. The SMILES string of the molecule is Cc1cc(F)cc(C(=O)Nc2cccc(CN3CCC(C(=O)O)CC3)c2)c1. The van der Waals surface area contributed by atoms with Crippen LogP contribution in [0.5, 0.6) is 0 Å². The fraction of sp³-hybridized carbons (Fsp3) is 0.333. The number of carbonyl (C=O) groups excluding carboxylic acids is 1. The Balaban J connectivity index is 1.62. The summed E-state index contributed by atoms with van der Waals surface area (Å²) in [6.45, 7) is 3.94. The number of carboxylic acid groups (broad SMARTS) is 1. The first kappa shape index (κ1) is 19.0. The van der Waals surface area contributed by atoms with Gasteiger partial charge in [0.2, 0.25) is 0 Å². The molecule has 3 rings (SSSR count). The second-order valence-electron chi connectivity index (χ2n) is 7.06. The van der Waals surface area contributed by atoms with Crippen LogP contribution in [0.1, 0.15) is 34.3 Å². The molecule has 0 radical (unpaired) electrons. The third-order valence-corrected chi connectivity index (χ3v) is 4.83. The van der Waals surface area contributed by atoms with Gasteiger partial charge in [-0.1, -0.05) is 12.1 Å². The smallest absolute Gasteiger partial charge is 0.306 e. The number of benzene rings is 2. The Kier molecular flexibility index (Phi) is 5.86. The van der Waals surface area contributed by atoms with Gasteiger partial charge in [0.1, 0.15) is 5.82 Å². The second kappa shape index (κ2) is 8.31. The third-order valence-electron chi connectivity index (χ3n) is 4.83. The Hall–Kier alpha value is -2.73. The number of aliphatic carboxylic acids is 1. The van der Waals surface area contributed by atoms with Gasteiger partial charge in [-0.15, -0.1) is 0 Å². The van der Waals surface area contributed by atoms with Crippen molar-refractivity contribution in [2.24, 2.45) is 5.92 Å². The molecule has 1 amide bonds. The topological polar surface area (TPSA) is 69.6 Å². The van der Waals surface area contributed by atoms with E-state index in [2.05, 4.69) is 10.2 Å². The Labute approximate surface area is 157 Å². The first-order valence-electron chi connectivity index (χ1n) is 9.03. The molecule has 27 heavy (non-hydrogen) atoms.